The first-order chi connectivity index (χ1) is 17.4. The zero-order valence-corrected chi connectivity index (χ0v) is 21.5. The maximum atomic E-state index is 5.56. The molecule has 2 aromatic carbocycles. The summed E-state index contributed by atoms with van der Waals surface area (Å²) >= 11 is 0. The van der Waals surface area contributed by atoms with E-state index in [-0.39, 0.29) is 0 Å². The minimum Gasteiger partial charge on any atom is -0.378 e. The Balaban J connectivity index is 1.43. The maximum Gasteiger partial charge on any atom is 0.228 e. The quantitative estimate of drug-likeness (QED) is 0.388. The second kappa shape index (κ2) is 8.64. The number of benzene rings is 2. The van der Waals surface area contributed by atoms with Crippen LogP contribution < -0.4 is 10.2 Å². The highest BCUT2D eigenvalue weighted by Gasteiger charge is 2.18. The summed E-state index contributed by atoms with van der Waals surface area (Å²) < 4.78 is 9.73. The number of nitrogens with one attached hydrogen (secondary N) is 1. The molecule has 0 aliphatic carbocycles. The number of hydrogen-bond donors (Lipinski definition) is 1. The summed E-state index contributed by atoms with van der Waals surface area (Å²) in [5.74, 6) is 1.48. The predicted octanol–water partition coefficient (Wildman–Crippen LogP) is 5.03. The monoisotopic (exact) mass is 481 g/mol. The van der Waals surface area contributed by atoms with Gasteiger partial charge < -0.3 is 19.5 Å². The van der Waals surface area contributed by atoms with Crippen LogP contribution in [0.1, 0.15) is 17.0 Å². The Morgan fingerprint density at radius 3 is 2.44 bits per heavy atom. The van der Waals surface area contributed by atoms with Crippen LogP contribution in [0, 0.1) is 20.8 Å². The van der Waals surface area contributed by atoms with Crippen molar-refractivity contribution < 1.29 is 4.74 Å². The van der Waals surface area contributed by atoms with Crippen molar-refractivity contribution in [1.29, 1.82) is 0 Å². The van der Waals surface area contributed by atoms with Crippen LogP contribution in [0.4, 0.5) is 17.5 Å². The molecule has 1 aliphatic rings. The molecule has 184 valence electrons. The van der Waals surface area contributed by atoms with Gasteiger partial charge in [0.25, 0.3) is 0 Å². The molecule has 0 saturated carbocycles. The topological polar surface area (TPSA) is 73.0 Å². The number of nitrogens with zero attached hydrogens (tertiary/aromatic N) is 6. The summed E-state index contributed by atoms with van der Waals surface area (Å²) in [7, 11) is 4.10. The van der Waals surface area contributed by atoms with Crippen molar-refractivity contribution in [2.24, 2.45) is 14.1 Å². The first-order valence-corrected chi connectivity index (χ1v) is 12.4. The number of anilines is 3. The van der Waals surface area contributed by atoms with Crippen LogP contribution in [0.2, 0.25) is 0 Å². The largest absolute Gasteiger partial charge is 0.378 e. The summed E-state index contributed by atoms with van der Waals surface area (Å²) in [4.78, 5) is 12.1. The minimum atomic E-state index is 0.680. The highest BCUT2D eigenvalue weighted by Crippen LogP contribution is 2.31. The van der Waals surface area contributed by atoms with E-state index in [2.05, 4.69) is 77.2 Å². The SMILES string of the molecule is Cc1nn(C)c2cc(-c3cc(Nc4ccc5c(C)c(C)n(C)c5c4)nc(N4CCOCC4)n3)ccc12. The summed E-state index contributed by atoms with van der Waals surface area (Å²) in [5, 5.41) is 10.6. The Hall–Kier alpha value is -3.91. The number of rotatable bonds is 4. The van der Waals surface area contributed by atoms with Crippen molar-refractivity contribution in [1.82, 2.24) is 24.3 Å². The fourth-order valence-electron chi connectivity index (χ4n) is 5.13. The third kappa shape index (κ3) is 3.78. The van der Waals surface area contributed by atoms with E-state index in [1.165, 1.54) is 22.2 Å². The molecule has 1 aliphatic heterocycles. The average Bonchev–Trinajstić information content (AvgIpc) is 3.30. The smallest absolute Gasteiger partial charge is 0.228 e. The fraction of sp³-hybridized carbons (Fsp3) is 0.321. The van der Waals surface area contributed by atoms with Crippen molar-refractivity contribution in [3.63, 3.8) is 0 Å². The van der Waals surface area contributed by atoms with E-state index in [1.54, 1.807) is 0 Å². The standard InChI is InChI=1S/C28H31N7O/c1-17-19(3)33(4)25-15-21(7-9-22(17)25)29-27-16-24(30-28(31-27)35-10-12-36-13-11-35)20-6-8-23-18(2)32-34(5)26(23)14-20/h6-9,14-16H,10-13H2,1-5H3,(H,29,30,31). The van der Waals surface area contributed by atoms with E-state index in [1.807, 2.05) is 24.7 Å². The lowest BCUT2D eigenvalue weighted by Crippen LogP contribution is -2.37. The van der Waals surface area contributed by atoms with Gasteiger partial charge in [-0.3, -0.25) is 4.68 Å². The number of hydrogen-bond acceptors (Lipinski definition) is 6. The van der Waals surface area contributed by atoms with E-state index in [9.17, 15) is 0 Å². The van der Waals surface area contributed by atoms with Gasteiger partial charge in [-0.25, -0.2) is 4.98 Å². The van der Waals surface area contributed by atoms with Crippen LogP contribution in [-0.4, -0.2) is 50.6 Å². The molecule has 0 radical (unpaired) electrons. The zero-order valence-electron chi connectivity index (χ0n) is 21.5. The van der Waals surface area contributed by atoms with Gasteiger partial charge in [-0.1, -0.05) is 18.2 Å². The van der Waals surface area contributed by atoms with Gasteiger partial charge in [0.2, 0.25) is 5.95 Å². The molecule has 0 bridgehead atoms. The van der Waals surface area contributed by atoms with Gasteiger partial charge in [0.05, 0.1) is 35.6 Å². The van der Waals surface area contributed by atoms with Crippen molar-refractivity contribution in [3.8, 4) is 11.3 Å². The van der Waals surface area contributed by atoms with Crippen LogP contribution in [-0.2, 0) is 18.8 Å². The zero-order chi connectivity index (χ0) is 25.0. The number of fused-ring (bicyclic) bond motifs is 2. The molecule has 0 atom stereocenters. The number of aryl methyl sites for hydroxylation is 4. The minimum absolute atomic E-state index is 0.680. The summed E-state index contributed by atoms with van der Waals surface area (Å²) in [6.07, 6.45) is 0. The van der Waals surface area contributed by atoms with Gasteiger partial charge in [-0.15, -0.1) is 0 Å². The third-order valence-electron chi connectivity index (χ3n) is 7.42. The Morgan fingerprint density at radius 1 is 0.861 bits per heavy atom. The number of ether oxygens (including phenoxy) is 1. The van der Waals surface area contributed by atoms with Crippen molar-refractivity contribution in [2.45, 2.75) is 20.8 Å². The van der Waals surface area contributed by atoms with Crippen LogP contribution in [0.25, 0.3) is 33.1 Å². The second-order valence-corrected chi connectivity index (χ2v) is 9.61. The molecule has 0 spiro atoms. The van der Waals surface area contributed by atoms with Crippen molar-refractivity contribution in [3.05, 3.63) is 59.4 Å². The predicted molar refractivity (Wildman–Crippen MR) is 145 cm³/mol. The second-order valence-electron chi connectivity index (χ2n) is 9.61. The first-order valence-electron chi connectivity index (χ1n) is 12.4. The van der Waals surface area contributed by atoms with Gasteiger partial charge in [0.15, 0.2) is 0 Å². The molecule has 4 heterocycles. The molecule has 0 amide bonds. The highest BCUT2D eigenvalue weighted by atomic mass is 16.5. The lowest BCUT2D eigenvalue weighted by Gasteiger charge is -2.27. The summed E-state index contributed by atoms with van der Waals surface area (Å²) in [5.41, 5.74) is 8.83. The fourth-order valence-corrected chi connectivity index (χ4v) is 5.13. The molecule has 1 saturated heterocycles. The van der Waals surface area contributed by atoms with Crippen LogP contribution in [0.5, 0.6) is 0 Å². The van der Waals surface area contributed by atoms with E-state index in [0.29, 0.717) is 19.2 Å². The molecule has 5 aromatic rings. The van der Waals surface area contributed by atoms with Gasteiger partial charge in [-0.05, 0) is 44.5 Å². The van der Waals surface area contributed by atoms with E-state index < -0.39 is 0 Å². The van der Waals surface area contributed by atoms with E-state index in [0.717, 1.165) is 52.4 Å². The lowest BCUT2D eigenvalue weighted by atomic mass is 10.1. The number of morpholine rings is 1. The molecule has 3 aromatic heterocycles. The molecular formula is C28H31N7O. The van der Waals surface area contributed by atoms with Gasteiger partial charge in [0, 0.05) is 61.0 Å². The number of aromatic nitrogens is 5. The normalized spacial score (nSPS) is 14.2. The Kier molecular flexibility index (Phi) is 5.41. The molecule has 36 heavy (non-hydrogen) atoms. The maximum absolute atomic E-state index is 5.56. The Bertz CT molecular complexity index is 1610. The molecule has 8 nitrogen and oxygen atoms in total. The molecule has 8 heteroatoms. The van der Waals surface area contributed by atoms with Gasteiger partial charge in [-0.2, -0.15) is 10.1 Å². The van der Waals surface area contributed by atoms with Gasteiger partial charge >= 0.3 is 0 Å². The van der Waals surface area contributed by atoms with Crippen LogP contribution in [0.15, 0.2) is 42.5 Å². The third-order valence-corrected chi connectivity index (χ3v) is 7.42. The Morgan fingerprint density at radius 2 is 1.64 bits per heavy atom. The van der Waals surface area contributed by atoms with E-state index in [4.69, 9.17) is 14.7 Å². The molecule has 1 fully saturated rings. The molecular weight excluding hydrogens is 450 g/mol. The van der Waals surface area contributed by atoms with Crippen molar-refractivity contribution in [2.75, 3.05) is 36.5 Å². The average molecular weight is 482 g/mol. The summed E-state index contributed by atoms with van der Waals surface area (Å²) in [6.45, 7) is 9.29. The van der Waals surface area contributed by atoms with Crippen LogP contribution in [0.3, 0.4) is 0 Å². The van der Waals surface area contributed by atoms with E-state index >= 15 is 0 Å². The van der Waals surface area contributed by atoms with Crippen LogP contribution >= 0.6 is 0 Å². The van der Waals surface area contributed by atoms with Crippen molar-refractivity contribution >= 4 is 39.3 Å². The summed E-state index contributed by atoms with van der Waals surface area (Å²) in [6, 6.07) is 14.9. The molecule has 1 N–H and O–H groups in total. The molecule has 0 unspecified atom stereocenters. The Labute approximate surface area is 210 Å². The van der Waals surface area contributed by atoms with Gasteiger partial charge in [0.1, 0.15) is 5.82 Å². The first kappa shape index (κ1) is 22.5. The highest BCUT2D eigenvalue weighted by molar-refractivity contribution is 5.89. The lowest BCUT2D eigenvalue weighted by molar-refractivity contribution is 0.122. The molecule has 6 rings (SSSR count).